The van der Waals surface area contributed by atoms with E-state index in [1.54, 1.807) is 6.20 Å². The van der Waals surface area contributed by atoms with Gasteiger partial charge in [-0.05, 0) is 48.9 Å². The number of benzene rings is 3. The van der Waals surface area contributed by atoms with Gasteiger partial charge in [0.25, 0.3) is 0 Å². The highest BCUT2D eigenvalue weighted by atomic mass is 16.5. The molecule has 150 valence electrons. The monoisotopic (exact) mass is 397 g/mol. The van der Waals surface area contributed by atoms with Crippen LogP contribution in [0.25, 0.3) is 0 Å². The van der Waals surface area contributed by atoms with Crippen molar-refractivity contribution in [1.82, 2.24) is 15.2 Å². The zero-order chi connectivity index (χ0) is 20.6. The van der Waals surface area contributed by atoms with Gasteiger partial charge in [0, 0.05) is 18.8 Å². The van der Waals surface area contributed by atoms with E-state index in [-0.39, 0.29) is 0 Å². The summed E-state index contributed by atoms with van der Waals surface area (Å²) in [6, 6.07) is 27.7. The van der Waals surface area contributed by atoms with Crippen molar-refractivity contribution < 1.29 is 4.74 Å². The Bertz CT molecular complexity index is 1060. The van der Waals surface area contributed by atoms with Gasteiger partial charge in [0.15, 0.2) is 5.82 Å². The minimum absolute atomic E-state index is 0.593. The molecule has 1 aromatic heterocycles. The Morgan fingerprint density at radius 3 is 2.20 bits per heavy atom. The predicted molar refractivity (Wildman–Crippen MR) is 119 cm³/mol. The first-order valence-electron chi connectivity index (χ1n) is 9.89. The molecule has 3 aromatic carbocycles. The first kappa shape index (κ1) is 19.4. The van der Waals surface area contributed by atoms with Gasteiger partial charge < -0.3 is 15.0 Å². The van der Waals surface area contributed by atoms with E-state index in [0.29, 0.717) is 11.8 Å². The maximum absolute atomic E-state index is 5.83. The molecule has 1 heterocycles. The Balaban J connectivity index is 1.43. The first-order valence-corrected chi connectivity index (χ1v) is 9.89. The van der Waals surface area contributed by atoms with Gasteiger partial charge in [-0.3, -0.25) is 0 Å². The van der Waals surface area contributed by atoms with Gasteiger partial charge in [0.05, 0.1) is 6.20 Å². The quantitative estimate of drug-likeness (QED) is 0.427. The maximum atomic E-state index is 5.83. The molecule has 4 aromatic rings. The second-order valence-electron chi connectivity index (χ2n) is 6.71. The van der Waals surface area contributed by atoms with Crippen LogP contribution in [0.3, 0.4) is 0 Å². The second kappa shape index (κ2) is 9.52. The summed E-state index contributed by atoms with van der Waals surface area (Å²) in [6.45, 7) is 3.59. The standard InChI is InChI=1S/C24H23N5O/c1-2-29(18-19-9-5-3-6-10-19)24-27-23(17-25-28-24)26-20-13-15-22(16-14-20)30-21-11-7-4-8-12-21/h3-17H,2,18H2,1H3,(H,26,27,28). The molecule has 0 bridgehead atoms. The van der Waals surface area contributed by atoms with Crippen molar-refractivity contribution in [2.24, 2.45) is 0 Å². The number of anilines is 3. The summed E-state index contributed by atoms with van der Waals surface area (Å²) in [4.78, 5) is 6.72. The Kier molecular flexibility index (Phi) is 6.15. The fraction of sp³-hybridized carbons (Fsp3) is 0.125. The molecule has 4 rings (SSSR count). The van der Waals surface area contributed by atoms with Crippen LogP contribution in [-0.4, -0.2) is 21.7 Å². The molecule has 0 aliphatic carbocycles. The summed E-state index contributed by atoms with van der Waals surface area (Å²) in [5.41, 5.74) is 2.10. The summed E-state index contributed by atoms with van der Waals surface area (Å²) in [5.74, 6) is 2.81. The van der Waals surface area contributed by atoms with Gasteiger partial charge in [0.1, 0.15) is 11.5 Å². The molecule has 6 heteroatoms. The summed E-state index contributed by atoms with van der Waals surface area (Å²) in [5, 5.41) is 11.6. The van der Waals surface area contributed by atoms with Gasteiger partial charge >= 0.3 is 0 Å². The summed E-state index contributed by atoms with van der Waals surface area (Å²) >= 11 is 0. The zero-order valence-corrected chi connectivity index (χ0v) is 16.8. The van der Waals surface area contributed by atoms with Gasteiger partial charge in [-0.15, -0.1) is 5.10 Å². The molecule has 1 N–H and O–H groups in total. The van der Waals surface area contributed by atoms with Crippen LogP contribution in [0.2, 0.25) is 0 Å². The molecule has 0 radical (unpaired) electrons. The number of nitrogens with zero attached hydrogens (tertiary/aromatic N) is 4. The molecule has 0 atom stereocenters. The highest BCUT2D eigenvalue weighted by molar-refractivity contribution is 5.57. The number of nitrogens with one attached hydrogen (secondary N) is 1. The number of aromatic nitrogens is 3. The van der Waals surface area contributed by atoms with Gasteiger partial charge in [-0.1, -0.05) is 48.5 Å². The minimum Gasteiger partial charge on any atom is -0.457 e. The Morgan fingerprint density at radius 1 is 0.833 bits per heavy atom. The number of ether oxygens (including phenoxy) is 1. The van der Waals surface area contributed by atoms with Crippen LogP contribution in [0.1, 0.15) is 12.5 Å². The molecular formula is C24H23N5O. The van der Waals surface area contributed by atoms with Crippen LogP contribution in [0, 0.1) is 0 Å². The number of hydrogen-bond donors (Lipinski definition) is 1. The minimum atomic E-state index is 0.593. The molecule has 0 amide bonds. The molecule has 0 aliphatic heterocycles. The van der Waals surface area contributed by atoms with Crippen LogP contribution >= 0.6 is 0 Å². The zero-order valence-electron chi connectivity index (χ0n) is 16.8. The van der Waals surface area contributed by atoms with E-state index in [1.165, 1.54) is 5.56 Å². The average Bonchev–Trinajstić information content (AvgIpc) is 2.80. The Morgan fingerprint density at radius 2 is 1.50 bits per heavy atom. The maximum Gasteiger partial charge on any atom is 0.247 e. The van der Waals surface area contributed by atoms with E-state index < -0.39 is 0 Å². The molecule has 0 saturated carbocycles. The summed E-state index contributed by atoms with van der Waals surface area (Å²) in [7, 11) is 0. The molecule has 0 fully saturated rings. The number of hydrogen-bond acceptors (Lipinski definition) is 6. The van der Waals surface area contributed by atoms with Crippen LogP contribution in [0.15, 0.2) is 91.1 Å². The third kappa shape index (κ3) is 5.11. The van der Waals surface area contributed by atoms with Crippen molar-refractivity contribution in [2.75, 3.05) is 16.8 Å². The SMILES string of the molecule is CCN(Cc1ccccc1)c1nncc(Nc2ccc(Oc3ccccc3)cc2)n1. The fourth-order valence-corrected chi connectivity index (χ4v) is 2.99. The van der Waals surface area contributed by atoms with Crippen molar-refractivity contribution in [2.45, 2.75) is 13.5 Å². The lowest BCUT2D eigenvalue weighted by atomic mass is 10.2. The van der Waals surface area contributed by atoms with E-state index >= 15 is 0 Å². The highest BCUT2D eigenvalue weighted by Gasteiger charge is 2.10. The van der Waals surface area contributed by atoms with Crippen molar-refractivity contribution in [3.05, 3.63) is 96.7 Å². The van der Waals surface area contributed by atoms with Crippen LogP contribution in [0.4, 0.5) is 17.5 Å². The van der Waals surface area contributed by atoms with Crippen molar-refractivity contribution >= 4 is 17.5 Å². The predicted octanol–water partition coefficient (Wildman–Crippen LogP) is 5.43. The topological polar surface area (TPSA) is 63.2 Å². The van der Waals surface area contributed by atoms with Crippen molar-refractivity contribution in [1.29, 1.82) is 0 Å². The largest absolute Gasteiger partial charge is 0.457 e. The van der Waals surface area contributed by atoms with E-state index in [1.807, 2.05) is 72.8 Å². The lowest BCUT2D eigenvalue weighted by Gasteiger charge is -2.20. The normalized spacial score (nSPS) is 10.4. The molecule has 6 nitrogen and oxygen atoms in total. The lowest BCUT2D eigenvalue weighted by Crippen LogP contribution is -2.24. The molecule has 0 aliphatic rings. The average molecular weight is 397 g/mol. The number of rotatable bonds is 8. The number of para-hydroxylation sites is 1. The van der Waals surface area contributed by atoms with Crippen LogP contribution in [-0.2, 0) is 6.54 Å². The molecule has 0 saturated heterocycles. The van der Waals surface area contributed by atoms with E-state index in [0.717, 1.165) is 30.3 Å². The van der Waals surface area contributed by atoms with E-state index in [2.05, 4.69) is 44.5 Å². The van der Waals surface area contributed by atoms with Crippen LogP contribution < -0.4 is 15.0 Å². The van der Waals surface area contributed by atoms with Crippen molar-refractivity contribution in [3.63, 3.8) is 0 Å². The lowest BCUT2D eigenvalue weighted by molar-refractivity contribution is 0.483. The summed E-state index contributed by atoms with van der Waals surface area (Å²) < 4.78 is 5.83. The third-order valence-electron chi connectivity index (χ3n) is 4.53. The van der Waals surface area contributed by atoms with Crippen molar-refractivity contribution in [3.8, 4) is 11.5 Å². The summed E-state index contributed by atoms with van der Waals surface area (Å²) in [6.07, 6.45) is 1.62. The van der Waals surface area contributed by atoms with Crippen LogP contribution in [0.5, 0.6) is 11.5 Å². The molecule has 0 unspecified atom stereocenters. The smallest absolute Gasteiger partial charge is 0.247 e. The first-order chi connectivity index (χ1) is 14.8. The Labute approximate surface area is 176 Å². The molecular weight excluding hydrogens is 374 g/mol. The van der Waals surface area contributed by atoms with Gasteiger partial charge in [-0.25, -0.2) is 0 Å². The second-order valence-corrected chi connectivity index (χ2v) is 6.71. The molecule has 0 spiro atoms. The Hall–Kier alpha value is -3.93. The molecule has 30 heavy (non-hydrogen) atoms. The van der Waals surface area contributed by atoms with Gasteiger partial charge in [0.2, 0.25) is 5.95 Å². The highest BCUT2D eigenvalue weighted by Crippen LogP contribution is 2.24. The van der Waals surface area contributed by atoms with E-state index in [4.69, 9.17) is 4.74 Å². The van der Waals surface area contributed by atoms with Gasteiger partial charge in [-0.2, -0.15) is 10.1 Å². The van der Waals surface area contributed by atoms with E-state index in [9.17, 15) is 0 Å². The third-order valence-corrected chi connectivity index (χ3v) is 4.53. The fourth-order valence-electron chi connectivity index (χ4n) is 2.99.